The van der Waals surface area contributed by atoms with Crippen LogP contribution in [0.3, 0.4) is 0 Å². The maximum Gasteiger partial charge on any atom is 0.260 e. The summed E-state index contributed by atoms with van der Waals surface area (Å²) in [6, 6.07) is -0.0133. The summed E-state index contributed by atoms with van der Waals surface area (Å²) in [5, 5.41) is 8.24. The van der Waals surface area contributed by atoms with E-state index in [9.17, 15) is 8.42 Å². The highest BCUT2D eigenvalue weighted by Gasteiger charge is 2.43. The van der Waals surface area contributed by atoms with Gasteiger partial charge in [-0.2, -0.15) is 4.31 Å². The average Bonchev–Trinajstić information content (AvgIpc) is 3.28. The molecular formula is C14H21N7O2S. The molecule has 0 spiro atoms. The zero-order valence-corrected chi connectivity index (χ0v) is 14.6. The largest absolute Gasteiger partial charge is 0.318 e. The van der Waals surface area contributed by atoms with E-state index < -0.39 is 10.0 Å². The molecule has 2 aromatic heterocycles. The van der Waals surface area contributed by atoms with E-state index in [1.54, 1.807) is 21.4 Å². The summed E-state index contributed by atoms with van der Waals surface area (Å²) in [4.78, 5) is 6.32. The Morgan fingerprint density at radius 3 is 2.83 bits per heavy atom. The van der Waals surface area contributed by atoms with Gasteiger partial charge in [-0.15, -0.1) is 5.10 Å². The van der Waals surface area contributed by atoms with Gasteiger partial charge >= 0.3 is 0 Å². The fourth-order valence-electron chi connectivity index (χ4n) is 3.66. The van der Waals surface area contributed by atoms with Crippen LogP contribution < -0.4 is 0 Å². The Bertz CT molecular complexity index is 827. The molecular weight excluding hydrogens is 330 g/mol. The third-order valence-corrected chi connectivity index (χ3v) is 6.79. The fourth-order valence-corrected chi connectivity index (χ4v) is 5.29. The Labute approximate surface area is 140 Å². The van der Waals surface area contributed by atoms with Gasteiger partial charge in [0.1, 0.15) is 5.82 Å². The minimum atomic E-state index is -3.57. The molecule has 0 amide bonds. The van der Waals surface area contributed by atoms with Crippen LogP contribution in [0.2, 0.25) is 0 Å². The summed E-state index contributed by atoms with van der Waals surface area (Å²) < 4.78 is 31.4. The van der Waals surface area contributed by atoms with Crippen LogP contribution in [-0.2, 0) is 23.0 Å². The first-order valence-corrected chi connectivity index (χ1v) is 9.49. The predicted molar refractivity (Wildman–Crippen MR) is 85.8 cm³/mol. The highest BCUT2D eigenvalue weighted by Crippen LogP contribution is 2.30. The highest BCUT2D eigenvalue weighted by molar-refractivity contribution is 7.89. The van der Waals surface area contributed by atoms with Gasteiger partial charge in [-0.25, -0.2) is 18.1 Å². The summed E-state index contributed by atoms with van der Waals surface area (Å²) >= 11 is 0. The van der Waals surface area contributed by atoms with Crippen LogP contribution in [0, 0.1) is 0 Å². The summed E-state index contributed by atoms with van der Waals surface area (Å²) in [7, 11) is 0.354. The molecule has 9 nitrogen and oxygen atoms in total. The maximum atomic E-state index is 13.1. The van der Waals surface area contributed by atoms with Gasteiger partial charge in [0.05, 0.1) is 18.4 Å². The molecule has 4 rings (SSSR count). The molecule has 24 heavy (non-hydrogen) atoms. The summed E-state index contributed by atoms with van der Waals surface area (Å²) in [6.07, 6.45) is 6.70. The van der Waals surface area contributed by atoms with E-state index in [1.165, 1.54) is 6.20 Å². The molecule has 2 aliphatic heterocycles. The SMILES string of the molecule is CN(C)[C@@H]1CN(S(=O)(=O)c2cnc3n2CCC3)C[C@@H]1n1ccnn1. The summed E-state index contributed by atoms with van der Waals surface area (Å²) in [6.45, 7) is 1.54. The lowest BCUT2D eigenvalue weighted by Gasteiger charge is -2.24. The Morgan fingerprint density at radius 1 is 1.29 bits per heavy atom. The van der Waals surface area contributed by atoms with Gasteiger partial charge in [0, 0.05) is 38.3 Å². The minimum Gasteiger partial charge on any atom is -0.318 e. The first-order chi connectivity index (χ1) is 11.5. The molecule has 0 N–H and O–H groups in total. The zero-order valence-electron chi connectivity index (χ0n) is 13.8. The number of sulfonamides is 1. The number of likely N-dealkylation sites (N-methyl/N-ethyl adjacent to an activating group) is 1. The van der Waals surface area contributed by atoms with Crippen molar-refractivity contribution in [3.05, 3.63) is 24.4 Å². The number of aryl methyl sites for hydroxylation is 1. The Hall–Kier alpha value is -1.78. The summed E-state index contributed by atoms with van der Waals surface area (Å²) in [5.74, 6) is 0.866. The quantitative estimate of drug-likeness (QED) is 0.744. The topological polar surface area (TPSA) is 89.2 Å². The van der Waals surface area contributed by atoms with E-state index in [0.717, 1.165) is 25.2 Å². The van der Waals surface area contributed by atoms with Crippen molar-refractivity contribution in [2.75, 3.05) is 27.2 Å². The van der Waals surface area contributed by atoms with Crippen molar-refractivity contribution in [3.63, 3.8) is 0 Å². The second kappa shape index (κ2) is 5.64. The third-order valence-electron chi connectivity index (χ3n) is 4.96. The van der Waals surface area contributed by atoms with Gasteiger partial charge in [0.15, 0.2) is 5.03 Å². The number of aromatic nitrogens is 5. The molecule has 2 aromatic rings. The molecule has 10 heteroatoms. The van der Waals surface area contributed by atoms with Crippen molar-refractivity contribution >= 4 is 10.0 Å². The van der Waals surface area contributed by atoms with Gasteiger partial charge in [0.25, 0.3) is 10.0 Å². The predicted octanol–water partition coefficient (Wildman–Crippen LogP) is -0.403. The molecule has 0 aromatic carbocycles. The van der Waals surface area contributed by atoms with Crippen LogP contribution >= 0.6 is 0 Å². The number of hydrogen-bond acceptors (Lipinski definition) is 6. The second-order valence-corrected chi connectivity index (χ2v) is 8.46. The number of fused-ring (bicyclic) bond motifs is 1. The molecule has 0 bridgehead atoms. The Kier molecular flexibility index (Phi) is 3.70. The van der Waals surface area contributed by atoms with Crippen LogP contribution in [-0.4, -0.2) is 75.4 Å². The lowest BCUT2D eigenvalue weighted by Crippen LogP contribution is -2.37. The normalized spacial score (nSPS) is 24.8. The van der Waals surface area contributed by atoms with Crippen LogP contribution in [0.4, 0.5) is 0 Å². The van der Waals surface area contributed by atoms with E-state index in [4.69, 9.17) is 0 Å². The number of nitrogens with zero attached hydrogens (tertiary/aromatic N) is 7. The van der Waals surface area contributed by atoms with Crippen molar-refractivity contribution in [1.82, 2.24) is 33.8 Å². The monoisotopic (exact) mass is 351 g/mol. The second-order valence-electron chi connectivity index (χ2n) is 6.57. The molecule has 2 aliphatic rings. The van der Waals surface area contributed by atoms with Gasteiger partial charge in [0.2, 0.25) is 0 Å². The smallest absolute Gasteiger partial charge is 0.260 e. The van der Waals surface area contributed by atoms with Gasteiger partial charge in [-0.3, -0.25) is 0 Å². The van der Waals surface area contributed by atoms with Gasteiger partial charge < -0.3 is 9.47 Å². The van der Waals surface area contributed by atoms with E-state index in [1.807, 2.05) is 23.6 Å². The van der Waals surface area contributed by atoms with Crippen molar-refractivity contribution in [1.29, 1.82) is 0 Å². The lowest BCUT2D eigenvalue weighted by molar-refractivity contribution is 0.242. The lowest BCUT2D eigenvalue weighted by atomic mass is 10.1. The molecule has 0 unspecified atom stereocenters. The molecule has 1 saturated heterocycles. The maximum absolute atomic E-state index is 13.1. The van der Waals surface area contributed by atoms with E-state index >= 15 is 0 Å². The molecule has 130 valence electrons. The molecule has 0 saturated carbocycles. The molecule has 4 heterocycles. The number of rotatable bonds is 4. The Balaban J connectivity index is 1.66. The van der Waals surface area contributed by atoms with Gasteiger partial charge in [-0.1, -0.05) is 5.21 Å². The van der Waals surface area contributed by atoms with Crippen LogP contribution in [0.25, 0.3) is 0 Å². The van der Waals surface area contributed by atoms with Crippen molar-refractivity contribution in [2.45, 2.75) is 36.5 Å². The van der Waals surface area contributed by atoms with Crippen molar-refractivity contribution in [3.8, 4) is 0 Å². The van der Waals surface area contributed by atoms with Crippen LogP contribution in [0.5, 0.6) is 0 Å². The molecule has 0 aliphatic carbocycles. The van der Waals surface area contributed by atoms with Crippen molar-refractivity contribution < 1.29 is 8.42 Å². The Morgan fingerprint density at radius 2 is 2.12 bits per heavy atom. The van der Waals surface area contributed by atoms with Crippen LogP contribution in [0.1, 0.15) is 18.3 Å². The highest BCUT2D eigenvalue weighted by atomic mass is 32.2. The van der Waals surface area contributed by atoms with Crippen molar-refractivity contribution in [2.24, 2.45) is 0 Å². The first kappa shape index (κ1) is 15.7. The summed E-state index contributed by atoms with van der Waals surface area (Å²) in [5.41, 5.74) is 0. The van der Waals surface area contributed by atoms with Gasteiger partial charge in [-0.05, 0) is 20.5 Å². The minimum absolute atomic E-state index is 0.0439. The third kappa shape index (κ3) is 2.36. The number of hydrogen-bond donors (Lipinski definition) is 0. The van der Waals surface area contributed by atoms with Crippen LogP contribution in [0.15, 0.2) is 23.6 Å². The average molecular weight is 351 g/mol. The number of imidazole rings is 1. The van der Waals surface area contributed by atoms with E-state index in [2.05, 4.69) is 15.3 Å². The standard InChI is InChI=1S/C14H21N7O2S/c1-18(2)11-9-19(10-12(11)21-7-5-16-17-21)24(22,23)14-8-15-13-4-3-6-20(13)14/h5,7-8,11-12H,3-4,6,9-10H2,1-2H3/t11-,12+/m1/s1. The van der Waals surface area contributed by atoms with E-state index in [0.29, 0.717) is 18.1 Å². The zero-order chi connectivity index (χ0) is 16.9. The van der Waals surface area contributed by atoms with E-state index in [-0.39, 0.29) is 12.1 Å². The molecule has 1 fully saturated rings. The molecule has 0 radical (unpaired) electrons. The first-order valence-electron chi connectivity index (χ1n) is 8.05. The fraction of sp³-hybridized carbons (Fsp3) is 0.643. The molecule has 2 atom stereocenters.